The lowest BCUT2D eigenvalue weighted by molar-refractivity contribution is -0.121. The summed E-state index contributed by atoms with van der Waals surface area (Å²) in [5, 5.41) is 8.84. The second kappa shape index (κ2) is 8.11. The number of aryl methyl sites for hydroxylation is 1. The Morgan fingerprint density at radius 3 is 2.82 bits per heavy atom. The first-order valence-electron chi connectivity index (χ1n) is 8.32. The number of carbonyl (C=O) groups excluding carboxylic acids is 3. The molecule has 0 spiro atoms. The van der Waals surface area contributed by atoms with E-state index < -0.39 is 29.0 Å². The van der Waals surface area contributed by atoms with Gasteiger partial charge in [0.05, 0.1) is 23.0 Å². The monoisotopic (exact) mass is 420 g/mol. The number of aromatic nitrogens is 1. The van der Waals surface area contributed by atoms with Gasteiger partial charge >= 0.3 is 11.9 Å². The van der Waals surface area contributed by atoms with E-state index >= 15 is 0 Å². The molecule has 2 amide bonds. The van der Waals surface area contributed by atoms with Gasteiger partial charge in [0, 0.05) is 17.5 Å². The lowest BCUT2D eigenvalue weighted by atomic mass is 10.3. The lowest BCUT2D eigenvalue weighted by Gasteiger charge is -2.15. The van der Waals surface area contributed by atoms with Gasteiger partial charge in [-0.25, -0.2) is 19.5 Å². The summed E-state index contributed by atoms with van der Waals surface area (Å²) in [5.74, 6) is -2.73. The van der Waals surface area contributed by atoms with Crippen LogP contribution in [0.25, 0.3) is 0 Å². The highest BCUT2D eigenvalue weighted by Crippen LogP contribution is 2.39. The van der Waals surface area contributed by atoms with Gasteiger partial charge in [0.2, 0.25) is 11.8 Å². The number of amides is 2. The molecule has 10 heteroatoms. The molecule has 2 aromatic heterocycles. The van der Waals surface area contributed by atoms with Crippen molar-refractivity contribution >= 4 is 51.9 Å². The van der Waals surface area contributed by atoms with E-state index in [-0.39, 0.29) is 34.2 Å². The average molecular weight is 420 g/mol. The van der Waals surface area contributed by atoms with Gasteiger partial charge in [-0.2, -0.15) is 0 Å². The van der Waals surface area contributed by atoms with Crippen LogP contribution in [0.5, 0.6) is 0 Å². The van der Waals surface area contributed by atoms with E-state index in [2.05, 4.69) is 4.98 Å². The number of pyridine rings is 1. The fourth-order valence-corrected chi connectivity index (χ4v) is 4.84. The van der Waals surface area contributed by atoms with Crippen LogP contribution in [0, 0.1) is 6.92 Å². The molecule has 1 fully saturated rings. The molecule has 3 heterocycles. The number of carboxylic acid groups (broad SMARTS) is 1. The first-order chi connectivity index (χ1) is 13.3. The number of hydrogen-bond acceptors (Lipinski definition) is 8. The number of esters is 1. The van der Waals surface area contributed by atoms with E-state index in [1.807, 2.05) is 0 Å². The number of imide groups is 1. The molecule has 1 aliphatic heterocycles. The molecule has 2 aromatic rings. The molecule has 1 atom stereocenters. The van der Waals surface area contributed by atoms with E-state index in [1.165, 1.54) is 18.3 Å². The van der Waals surface area contributed by atoms with Crippen LogP contribution in [0.2, 0.25) is 0 Å². The summed E-state index contributed by atoms with van der Waals surface area (Å²) in [6.07, 6.45) is 1.31. The molecule has 0 bridgehead atoms. The molecule has 0 aliphatic carbocycles. The molecule has 0 radical (unpaired) electrons. The number of carboxylic acids is 1. The predicted molar refractivity (Wildman–Crippen MR) is 103 cm³/mol. The number of thioether (sulfide) groups is 1. The van der Waals surface area contributed by atoms with Gasteiger partial charge in [-0.15, -0.1) is 11.3 Å². The minimum atomic E-state index is -1.16. The van der Waals surface area contributed by atoms with Crippen molar-refractivity contribution in [2.24, 2.45) is 0 Å². The van der Waals surface area contributed by atoms with Gasteiger partial charge in [0.25, 0.3) is 0 Å². The van der Waals surface area contributed by atoms with E-state index in [0.29, 0.717) is 0 Å². The Kier molecular flexibility index (Phi) is 5.80. The molecular formula is C18H16N2O6S2. The summed E-state index contributed by atoms with van der Waals surface area (Å²) in [6.45, 7) is 3.61. The van der Waals surface area contributed by atoms with E-state index in [0.717, 1.165) is 32.9 Å². The van der Waals surface area contributed by atoms with Gasteiger partial charge in [-0.1, -0.05) is 11.8 Å². The van der Waals surface area contributed by atoms with Gasteiger partial charge < -0.3 is 9.84 Å². The fourth-order valence-electron chi connectivity index (χ4n) is 2.71. The fraction of sp³-hybridized carbons (Fsp3) is 0.278. The Bertz CT molecular complexity index is 971. The van der Waals surface area contributed by atoms with Crippen LogP contribution < -0.4 is 4.90 Å². The number of aromatic carboxylic acids is 1. The molecule has 0 saturated carbocycles. The summed E-state index contributed by atoms with van der Waals surface area (Å²) in [4.78, 5) is 54.8. The topological polar surface area (TPSA) is 114 Å². The second-order valence-electron chi connectivity index (χ2n) is 5.84. The summed E-state index contributed by atoms with van der Waals surface area (Å²) < 4.78 is 5.01. The van der Waals surface area contributed by atoms with Crippen LogP contribution in [0.3, 0.4) is 0 Å². The van der Waals surface area contributed by atoms with Crippen molar-refractivity contribution in [2.75, 3.05) is 11.5 Å². The summed E-state index contributed by atoms with van der Waals surface area (Å²) in [5.41, 5.74) is 0.131. The Labute approximate surface area is 168 Å². The standard InChI is InChI=1S/C18H16N2O6S2/c1-3-26-18(25)11-7-9(2)27-16(11)20-13(21)8-12(15(20)22)28-14-10(17(23)24)5-4-6-19-14/h4-7,12H,3,8H2,1-2H3,(H,23,24)/t12-/m1/s1. The number of anilines is 1. The van der Waals surface area contributed by atoms with E-state index in [4.69, 9.17) is 4.74 Å². The first kappa shape index (κ1) is 20.0. The normalized spacial score (nSPS) is 16.5. The van der Waals surface area contributed by atoms with E-state index in [1.54, 1.807) is 19.9 Å². The van der Waals surface area contributed by atoms with Crippen molar-refractivity contribution in [3.05, 3.63) is 40.4 Å². The third-order valence-electron chi connectivity index (χ3n) is 3.89. The Balaban J connectivity index is 1.90. The summed E-state index contributed by atoms with van der Waals surface area (Å²) in [6, 6.07) is 4.46. The molecule has 146 valence electrons. The number of rotatable bonds is 6. The van der Waals surface area contributed by atoms with E-state index in [9.17, 15) is 24.3 Å². The SMILES string of the molecule is CCOC(=O)c1cc(C)sc1N1C(=O)C[C@@H](Sc2ncccc2C(=O)O)C1=O. The highest BCUT2D eigenvalue weighted by molar-refractivity contribution is 8.00. The van der Waals surface area contributed by atoms with Crippen molar-refractivity contribution in [3.8, 4) is 0 Å². The second-order valence-corrected chi connectivity index (χ2v) is 8.26. The largest absolute Gasteiger partial charge is 0.478 e. The van der Waals surface area contributed by atoms with Crippen molar-refractivity contribution < 1.29 is 29.0 Å². The molecule has 8 nitrogen and oxygen atoms in total. The number of thiophene rings is 1. The van der Waals surface area contributed by atoms with Crippen LogP contribution in [-0.4, -0.2) is 45.7 Å². The average Bonchev–Trinajstić information content (AvgIpc) is 3.15. The smallest absolute Gasteiger partial charge is 0.341 e. The van der Waals surface area contributed by atoms with Gasteiger partial charge in [0.15, 0.2) is 0 Å². The molecule has 1 aliphatic rings. The third-order valence-corrected chi connectivity index (χ3v) is 6.13. The quantitative estimate of drug-likeness (QED) is 0.560. The maximum atomic E-state index is 12.9. The number of nitrogens with zero attached hydrogens (tertiary/aromatic N) is 2. The molecule has 3 rings (SSSR count). The Hall–Kier alpha value is -2.72. The number of ether oxygens (including phenoxy) is 1. The Morgan fingerprint density at radius 1 is 1.39 bits per heavy atom. The van der Waals surface area contributed by atoms with Crippen LogP contribution in [0.15, 0.2) is 29.4 Å². The highest BCUT2D eigenvalue weighted by atomic mass is 32.2. The zero-order valence-electron chi connectivity index (χ0n) is 15.0. The zero-order valence-corrected chi connectivity index (χ0v) is 16.6. The van der Waals surface area contributed by atoms with Gasteiger partial charge in [-0.3, -0.25) is 9.59 Å². The maximum Gasteiger partial charge on any atom is 0.341 e. The van der Waals surface area contributed by atoms with Crippen LogP contribution in [0.1, 0.15) is 38.9 Å². The molecule has 1 N–H and O–H groups in total. The zero-order chi connectivity index (χ0) is 20.4. The van der Waals surface area contributed by atoms with Crippen molar-refractivity contribution in [1.29, 1.82) is 0 Å². The van der Waals surface area contributed by atoms with Gasteiger partial charge in [-0.05, 0) is 32.0 Å². The minimum absolute atomic E-state index is 0.0367. The molecule has 0 unspecified atom stereocenters. The van der Waals surface area contributed by atoms with Crippen molar-refractivity contribution in [1.82, 2.24) is 4.98 Å². The van der Waals surface area contributed by atoms with Crippen LogP contribution >= 0.6 is 23.1 Å². The molecule has 0 aromatic carbocycles. The predicted octanol–water partition coefficient (Wildman–Crippen LogP) is 2.75. The Morgan fingerprint density at radius 2 is 2.14 bits per heavy atom. The van der Waals surface area contributed by atoms with Crippen LogP contribution in [0.4, 0.5) is 5.00 Å². The molecule has 28 heavy (non-hydrogen) atoms. The van der Waals surface area contributed by atoms with Crippen molar-refractivity contribution in [2.45, 2.75) is 30.5 Å². The summed E-state index contributed by atoms with van der Waals surface area (Å²) in [7, 11) is 0. The molecule has 1 saturated heterocycles. The lowest BCUT2D eigenvalue weighted by Crippen LogP contribution is -2.31. The number of hydrogen-bond donors (Lipinski definition) is 1. The third kappa shape index (κ3) is 3.78. The molecular weight excluding hydrogens is 404 g/mol. The summed E-state index contributed by atoms with van der Waals surface area (Å²) >= 11 is 2.09. The van der Waals surface area contributed by atoms with Gasteiger partial charge in [0.1, 0.15) is 10.0 Å². The highest BCUT2D eigenvalue weighted by Gasteiger charge is 2.43. The minimum Gasteiger partial charge on any atom is -0.478 e. The van der Waals surface area contributed by atoms with Crippen molar-refractivity contribution in [3.63, 3.8) is 0 Å². The first-order valence-corrected chi connectivity index (χ1v) is 10.0. The number of carbonyl (C=O) groups is 4. The van der Waals surface area contributed by atoms with Crippen LogP contribution in [-0.2, 0) is 14.3 Å². The maximum absolute atomic E-state index is 12.9.